The van der Waals surface area contributed by atoms with E-state index in [2.05, 4.69) is 9.72 Å². The Labute approximate surface area is 167 Å². The lowest BCUT2D eigenvalue weighted by Crippen LogP contribution is -2.36. The molecule has 1 aliphatic rings. The molecular formula is C16H10Cl4F2N2O2. The molecule has 3 rings (SSSR count). The van der Waals surface area contributed by atoms with Gasteiger partial charge in [0.15, 0.2) is 5.69 Å². The summed E-state index contributed by atoms with van der Waals surface area (Å²) in [6.07, 6.45) is 1.24. The minimum atomic E-state index is -3.03. The van der Waals surface area contributed by atoms with Crippen LogP contribution in [0.1, 0.15) is 22.5 Å². The molecule has 138 valence electrons. The predicted octanol–water partition coefficient (Wildman–Crippen LogP) is 5.89. The molecule has 0 aliphatic carbocycles. The van der Waals surface area contributed by atoms with Crippen molar-refractivity contribution in [3.8, 4) is 5.75 Å². The molecule has 2 aromatic rings. The average molecular weight is 442 g/mol. The molecule has 0 bridgehead atoms. The Kier molecular flexibility index (Phi) is 5.77. The van der Waals surface area contributed by atoms with Gasteiger partial charge in [-0.3, -0.25) is 4.79 Å². The number of hydrogen-bond donors (Lipinski definition) is 0. The number of halogens is 6. The van der Waals surface area contributed by atoms with Gasteiger partial charge >= 0.3 is 6.61 Å². The highest BCUT2D eigenvalue weighted by atomic mass is 35.5. The fraction of sp³-hybridized carbons (Fsp3) is 0.250. The minimum absolute atomic E-state index is 0.0735. The Hall–Kier alpha value is -1.34. The Bertz CT molecular complexity index is 880. The number of pyridine rings is 1. The van der Waals surface area contributed by atoms with Crippen molar-refractivity contribution in [1.82, 2.24) is 4.98 Å². The number of carbonyl (C=O) groups is 1. The molecule has 0 N–H and O–H groups in total. The fourth-order valence-electron chi connectivity index (χ4n) is 2.77. The van der Waals surface area contributed by atoms with Crippen LogP contribution < -0.4 is 9.64 Å². The summed E-state index contributed by atoms with van der Waals surface area (Å²) >= 11 is 23.9. The Morgan fingerprint density at radius 2 is 1.88 bits per heavy atom. The van der Waals surface area contributed by atoms with Gasteiger partial charge in [0.2, 0.25) is 0 Å². The van der Waals surface area contributed by atoms with Crippen molar-refractivity contribution >= 4 is 58.0 Å². The third kappa shape index (κ3) is 3.56. The van der Waals surface area contributed by atoms with E-state index in [0.29, 0.717) is 18.4 Å². The highest BCUT2D eigenvalue weighted by Crippen LogP contribution is 2.40. The van der Waals surface area contributed by atoms with Crippen LogP contribution in [0, 0.1) is 0 Å². The highest BCUT2D eigenvalue weighted by molar-refractivity contribution is 6.52. The van der Waals surface area contributed by atoms with Gasteiger partial charge in [0, 0.05) is 6.54 Å². The zero-order valence-electron chi connectivity index (χ0n) is 12.9. The first kappa shape index (κ1) is 19.4. The van der Waals surface area contributed by atoms with Crippen LogP contribution in [0.3, 0.4) is 0 Å². The van der Waals surface area contributed by atoms with Crippen LogP contribution in [-0.4, -0.2) is 24.0 Å². The van der Waals surface area contributed by atoms with E-state index in [4.69, 9.17) is 46.4 Å². The molecule has 1 aliphatic heterocycles. The molecule has 1 aromatic heterocycles. The molecule has 1 aromatic carbocycles. The molecular weight excluding hydrogens is 432 g/mol. The van der Waals surface area contributed by atoms with E-state index in [-0.39, 0.29) is 43.9 Å². The summed E-state index contributed by atoms with van der Waals surface area (Å²) in [5.74, 6) is -0.741. The van der Waals surface area contributed by atoms with Crippen LogP contribution in [0.15, 0.2) is 18.2 Å². The van der Waals surface area contributed by atoms with Crippen LogP contribution in [0.2, 0.25) is 20.2 Å². The molecule has 0 atom stereocenters. The van der Waals surface area contributed by atoms with E-state index in [1.54, 1.807) is 12.1 Å². The van der Waals surface area contributed by atoms with Crippen LogP contribution in [-0.2, 0) is 6.42 Å². The minimum Gasteiger partial charge on any atom is -0.433 e. The summed E-state index contributed by atoms with van der Waals surface area (Å²) in [7, 11) is 0. The lowest BCUT2D eigenvalue weighted by molar-refractivity contribution is -0.0495. The number of fused-ring (bicyclic) bond motifs is 1. The van der Waals surface area contributed by atoms with Crippen molar-refractivity contribution in [2.75, 3.05) is 11.4 Å². The molecule has 26 heavy (non-hydrogen) atoms. The summed E-state index contributed by atoms with van der Waals surface area (Å²) in [6, 6.07) is 4.70. The zero-order valence-corrected chi connectivity index (χ0v) is 15.9. The number of ether oxygens (including phenoxy) is 1. The van der Waals surface area contributed by atoms with Crippen LogP contribution in [0.25, 0.3) is 0 Å². The molecule has 0 unspecified atom stereocenters. The topological polar surface area (TPSA) is 42.4 Å². The van der Waals surface area contributed by atoms with Gasteiger partial charge < -0.3 is 9.64 Å². The van der Waals surface area contributed by atoms with Crippen LogP contribution in [0.5, 0.6) is 5.75 Å². The zero-order chi connectivity index (χ0) is 19.0. The second-order valence-corrected chi connectivity index (χ2v) is 6.89. The number of aromatic nitrogens is 1. The number of alkyl halides is 2. The van der Waals surface area contributed by atoms with E-state index in [0.717, 1.165) is 0 Å². The molecule has 0 saturated heterocycles. The SMILES string of the molecule is O=C(c1nc(Cl)c(Cl)c(Cl)c1Cl)N1CCCc2cccc(OC(F)F)c21. The van der Waals surface area contributed by atoms with E-state index >= 15 is 0 Å². The molecule has 4 nitrogen and oxygen atoms in total. The van der Waals surface area contributed by atoms with Gasteiger partial charge in [0.25, 0.3) is 5.91 Å². The van der Waals surface area contributed by atoms with E-state index in [9.17, 15) is 13.6 Å². The summed E-state index contributed by atoms with van der Waals surface area (Å²) in [6.45, 7) is -2.76. The van der Waals surface area contributed by atoms with Gasteiger partial charge in [-0.15, -0.1) is 0 Å². The quantitative estimate of drug-likeness (QED) is 0.557. The number of aryl methyl sites for hydroxylation is 1. The van der Waals surface area contributed by atoms with Gasteiger partial charge in [-0.25, -0.2) is 4.98 Å². The average Bonchev–Trinajstić information content (AvgIpc) is 2.61. The van der Waals surface area contributed by atoms with Gasteiger partial charge in [-0.1, -0.05) is 58.5 Å². The number of anilines is 1. The Morgan fingerprint density at radius 1 is 1.15 bits per heavy atom. The summed E-state index contributed by atoms with van der Waals surface area (Å²) in [5, 5.41) is -0.522. The van der Waals surface area contributed by atoms with E-state index in [1.807, 2.05) is 0 Å². The monoisotopic (exact) mass is 440 g/mol. The van der Waals surface area contributed by atoms with Gasteiger partial charge in [-0.05, 0) is 24.5 Å². The molecule has 10 heteroatoms. The molecule has 0 radical (unpaired) electrons. The summed E-state index contributed by atoms with van der Waals surface area (Å²) in [4.78, 5) is 18.2. The number of carbonyl (C=O) groups excluding carboxylic acids is 1. The van der Waals surface area contributed by atoms with Gasteiger partial charge in [-0.2, -0.15) is 8.78 Å². The Balaban J connectivity index is 2.09. The third-order valence-electron chi connectivity index (χ3n) is 3.83. The summed E-state index contributed by atoms with van der Waals surface area (Å²) < 4.78 is 30.1. The van der Waals surface area contributed by atoms with E-state index < -0.39 is 12.5 Å². The maximum atomic E-state index is 13.0. The normalized spacial score (nSPS) is 13.7. The van der Waals surface area contributed by atoms with Gasteiger partial charge in [0.05, 0.1) is 20.8 Å². The van der Waals surface area contributed by atoms with Crippen LogP contribution in [0.4, 0.5) is 14.5 Å². The third-order valence-corrected chi connectivity index (χ3v) is 5.51. The molecule has 1 amide bonds. The van der Waals surface area contributed by atoms with Crippen molar-refractivity contribution in [1.29, 1.82) is 0 Å². The first-order valence-electron chi connectivity index (χ1n) is 7.39. The van der Waals surface area contributed by atoms with Crippen molar-refractivity contribution < 1.29 is 18.3 Å². The smallest absolute Gasteiger partial charge is 0.387 e. The van der Waals surface area contributed by atoms with Crippen molar-refractivity contribution in [2.45, 2.75) is 19.5 Å². The van der Waals surface area contributed by atoms with Crippen LogP contribution >= 0.6 is 46.4 Å². The van der Waals surface area contributed by atoms with E-state index in [1.165, 1.54) is 11.0 Å². The number of benzene rings is 1. The largest absolute Gasteiger partial charge is 0.433 e. The van der Waals surface area contributed by atoms with Crippen molar-refractivity contribution in [3.63, 3.8) is 0 Å². The first-order valence-corrected chi connectivity index (χ1v) is 8.91. The Morgan fingerprint density at radius 3 is 2.58 bits per heavy atom. The fourth-order valence-corrected chi connectivity index (χ4v) is 3.58. The molecule has 0 fully saturated rings. The highest BCUT2D eigenvalue weighted by Gasteiger charge is 2.31. The maximum Gasteiger partial charge on any atom is 0.387 e. The number of amides is 1. The number of nitrogens with zero attached hydrogens (tertiary/aromatic N) is 2. The molecule has 0 saturated carbocycles. The van der Waals surface area contributed by atoms with Gasteiger partial charge in [0.1, 0.15) is 10.9 Å². The maximum absolute atomic E-state index is 13.0. The molecule has 0 spiro atoms. The second kappa shape index (κ2) is 7.72. The lowest BCUT2D eigenvalue weighted by atomic mass is 10.0. The lowest BCUT2D eigenvalue weighted by Gasteiger charge is -2.31. The second-order valence-electron chi connectivity index (χ2n) is 5.40. The summed E-state index contributed by atoms with van der Waals surface area (Å²) in [5.41, 5.74) is 0.736. The van der Waals surface area contributed by atoms with Crippen molar-refractivity contribution in [3.05, 3.63) is 49.7 Å². The predicted molar refractivity (Wildman–Crippen MR) is 97.3 cm³/mol. The number of hydrogen-bond acceptors (Lipinski definition) is 3. The standard InChI is InChI=1S/C16H10Cl4F2N2O2/c17-9-10(18)12(23-14(20)11(9)19)15(25)24-6-2-4-7-3-1-5-8(13(7)24)26-16(21)22/h1,3,5,16H,2,4,6H2. The molecule has 2 heterocycles. The first-order chi connectivity index (χ1) is 12.3. The number of rotatable bonds is 3. The number of para-hydroxylation sites is 1. The van der Waals surface area contributed by atoms with Crippen molar-refractivity contribution in [2.24, 2.45) is 0 Å².